The average Bonchev–Trinajstić information content (AvgIpc) is 2.64. The molecule has 8 heteroatoms. The van der Waals surface area contributed by atoms with Crippen LogP contribution >= 0.6 is 11.8 Å². The fraction of sp³-hybridized carbons (Fsp3) is 0.500. The summed E-state index contributed by atoms with van der Waals surface area (Å²) in [5.74, 6) is -0.700. The van der Waals surface area contributed by atoms with E-state index in [1.54, 1.807) is 13.8 Å². The van der Waals surface area contributed by atoms with E-state index in [-0.39, 0.29) is 23.7 Å². The first-order valence-electron chi connectivity index (χ1n) is 5.69. The Morgan fingerprint density at radius 1 is 1.25 bits per heavy atom. The second-order valence-corrected chi connectivity index (χ2v) is 5.40. The standard InChI is InChI=1S/C12H14ClN5O2/c1-11(2,6-14)16-17-12(3,7-15)5-8-4-9(19)18(13)10(8)20/h4,19-20H,5H2,1-3H3. The van der Waals surface area contributed by atoms with Gasteiger partial charge < -0.3 is 10.2 Å². The summed E-state index contributed by atoms with van der Waals surface area (Å²) in [7, 11) is 0. The Bertz CT molecular complexity index is 623. The largest absolute Gasteiger partial charge is 0.494 e. The molecule has 0 bridgehead atoms. The molecule has 0 fully saturated rings. The van der Waals surface area contributed by atoms with Gasteiger partial charge in [-0.15, -0.1) is 0 Å². The summed E-state index contributed by atoms with van der Waals surface area (Å²) < 4.78 is 0.670. The number of rotatable bonds is 4. The summed E-state index contributed by atoms with van der Waals surface area (Å²) in [4.78, 5) is 0. The lowest BCUT2D eigenvalue weighted by molar-refractivity contribution is 0.409. The lowest BCUT2D eigenvalue weighted by Gasteiger charge is -2.16. The summed E-state index contributed by atoms with van der Waals surface area (Å²) in [6.45, 7) is 4.63. The molecule has 2 N–H and O–H groups in total. The molecule has 106 valence electrons. The predicted octanol–water partition coefficient (Wildman–Crippen LogP) is 2.48. The molecule has 0 aromatic carbocycles. The van der Waals surface area contributed by atoms with Crippen molar-refractivity contribution in [3.8, 4) is 23.9 Å². The number of nitrogens with zero attached hydrogens (tertiary/aromatic N) is 5. The van der Waals surface area contributed by atoms with Crippen LogP contribution in [0.3, 0.4) is 0 Å². The minimum Gasteiger partial charge on any atom is -0.494 e. The van der Waals surface area contributed by atoms with Crippen LogP contribution in [0.25, 0.3) is 0 Å². The number of aromatic nitrogens is 1. The van der Waals surface area contributed by atoms with Crippen molar-refractivity contribution in [1.29, 1.82) is 10.5 Å². The maximum Gasteiger partial charge on any atom is 0.212 e. The summed E-state index contributed by atoms with van der Waals surface area (Å²) >= 11 is 5.58. The fourth-order valence-corrected chi connectivity index (χ4v) is 1.52. The van der Waals surface area contributed by atoms with E-state index >= 15 is 0 Å². The highest BCUT2D eigenvalue weighted by Crippen LogP contribution is 2.32. The van der Waals surface area contributed by atoms with Crippen LogP contribution in [-0.2, 0) is 6.42 Å². The van der Waals surface area contributed by atoms with Crippen LogP contribution in [0.15, 0.2) is 16.3 Å². The number of azo groups is 1. The fourth-order valence-electron chi connectivity index (χ4n) is 1.37. The van der Waals surface area contributed by atoms with Gasteiger partial charge in [0.05, 0.1) is 12.1 Å². The molecule has 0 radical (unpaired) electrons. The smallest absolute Gasteiger partial charge is 0.212 e. The molecule has 0 saturated carbocycles. The Hall–Kier alpha value is -2.25. The van der Waals surface area contributed by atoms with Crippen LogP contribution < -0.4 is 0 Å². The van der Waals surface area contributed by atoms with E-state index in [0.29, 0.717) is 4.09 Å². The molecule has 1 aromatic heterocycles. The van der Waals surface area contributed by atoms with Gasteiger partial charge in [0, 0.05) is 29.8 Å². The van der Waals surface area contributed by atoms with Crippen molar-refractivity contribution in [3.05, 3.63) is 11.6 Å². The van der Waals surface area contributed by atoms with Crippen molar-refractivity contribution in [2.24, 2.45) is 10.2 Å². The van der Waals surface area contributed by atoms with Crippen LogP contribution in [0.4, 0.5) is 0 Å². The lowest BCUT2D eigenvalue weighted by Crippen LogP contribution is -2.24. The number of halogens is 1. The molecule has 0 aliphatic carbocycles. The lowest BCUT2D eigenvalue weighted by atomic mass is 9.97. The van der Waals surface area contributed by atoms with Gasteiger partial charge in [-0.2, -0.15) is 24.8 Å². The van der Waals surface area contributed by atoms with Crippen molar-refractivity contribution in [3.63, 3.8) is 0 Å². The van der Waals surface area contributed by atoms with Gasteiger partial charge in [-0.1, -0.05) is 0 Å². The van der Waals surface area contributed by atoms with Crippen LogP contribution in [0.1, 0.15) is 26.3 Å². The number of nitriles is 2. The number of aromatic hydroxyl groups is 2. The van der Waals surface area contributed by atoms with Gasteiger partial charge in [0.25, 0.3) is 0 Å². The maximum atomic E-state index is 9.69. The third-order valence-electron chi connectivity index (χ3n) is 2.55. The second-order valence-electron chi connectivity index (χ2n) is 5.07. The Balaban J connectivity index is 3.06. The molecule has 0 aliphatic rings. The Kier molecular flexibility index (Phi) is 4.26. The van der Waals surface area contributed by atoms with Gasteiger partial charge >= 0.3 is 0 Å². The van der Waals surface area contributed by atoms with E-state index in [9.17, 15) is 15.5 Å². The third kappa shape index (κ3) is 3.40. The van der Waals surface area contributed by atoms with Gasteiger partial charge in [0.2, 0.25) is 11.8 Å². The Morgan fingerprint density at radius 3 is 2.25 bits per heavy atom. The van der Waals surface area contributed by atoms with Crippen LogP contribution in [0, 0.1) is 22.7 Å². The highest BCUT2D eigenvalue weighted by Gasteiger charge is 2.29. The molecule has 0 aliphatic heterocycles. The highest BCUT2D eigenvalue weighted by atomic mass is 35.5. The second kappa shape index (κ2) is 5.40. The zero-order chi connectivity index (χ0) is 15.6. The first-order chi connectivity index (χ1) is 9.14. The van der Waals surface area contributed by atoms with Gasteiger partial charge in [0.15, 0.2) is 11.1 Å². The van der Waals surface area contributed by atoms with Crippen molar-refractivity contribution in [2.45, 2.75) is 38.3 Å². The first kappa shape index (κ1) is 15.8. The van der Waals surface area contributed by atoms with Gasteiger partial charge in [-0.25, -0.2) is 0 Å². The zero-order valence-corrected chi connectivity index (χ0v) is 12.0. The molecule has 1 aromatic rings. The van der Waals surface area contributed by atoms with E-state index in [1.165, 1.54) is 13.0 Å². The van der Waals surface area contributed by atoms with E-state index in [2.05, 4.69) is 10.2 Å². The van der Waals surface area contributed by atoms with E-state index < -0.39 is 11.1 Å². The van der Waals surface area contributed by atoms with Gasteiger partial charge in [-0.05, 0) is 20.8 Å². The quantitative estimate of drug-likeness (QED) is 0.829. The Labute approximate surface area is 121 Å². The summed E-state index contributed by atoms with van der Waals surface area (Å²) in [5.41, 5.74) is -2.06. The molecular weight excluding hydrogens is 282 g/mol. The van der Waals surface area contributed by atoms with Crippen molar-refractivity contribution in [2.75, 3.05) is 0 Å². The zero-order valence-electron chi connectivity index (χ0n) is 11.3. The van der Waals surface area contributed by atoms with Crippen molar-refractivity contribution in [1.82, 2.24) is 4.09 Å². The SMILES string of the molecule is CC(C)(C#N)N=NC(C)(C#N)Cc1cc(O)n(Cl)c1O. The molecule has 1 heterocycles. The highest BCUT2D eigenvalue weighted by molar-refractivity contribution is 6.17. The molecule has 7 nitrogen and oxygen atoms in total. The van der Waals surface area contributed by atoms with Crippen LogP contribution in [0.2, 0.25) is 0 Å². The van der Waals surface area contributed by atoms with Crippen LogP contribution in [-0.4, -0.2) is 25.4 Å². The monoisotopic (exact) mass is 295 g/mol. The third-order valence-corrected chi connectivity index (χ3v) is 2.88. The molecule has 0 amide bonds. The van der Waals surface area contributed by atoms with Gasteiger partial charge in [-0.3, -0.25) is 0 Å². The molecule has 1 unspecified atom stereocenters. The summed E-state index contributed by atoms with van der Waals surface area (Å²) in [5, 5.41) is 44.9. The van der Waals surface area contributed by atoms with Crippen LogP contribution in [0.5, 0.6) is 11.8 Å². The summed E-state index contributed by atoms with van der Waals surface area (Å²) in [6, 6.07) is 5.15. The number of hydrogen-bond donors (Lipinski definition) is 2. The minimum atomic E-state index is -1.28. The van der Waals surface area contributed by atoms with Crippen molar-refractivity contribution < 1.29 is 10.2 Å². The average molecular weight is 296 g/mol. The minimum absolute atomic E-state index is 0.00633. The maximum absolute atomic E-state index is 9.69. The van der Waals surface area contributed by atoms with E-state index in [0.717, 1.165) is 0 Å². The molecule has 20 heavy (non-hydrogen) atoms. The molecule has 0 spiro atoms. The Morgan fingerprint density at radius 2 is 1.85 bits per heavy atom. The molecule has 0 saturated heterocycles. The molecule has 1 atom stereocenters. The van der Waals surface area contributed by atoms with E-state index in [1.807, 2.05) is 12.1 Å². The summed E-state index contributed by atoms with van der Waals surface area (Å²) in [6.07, 6.45) is -0.00633. The predicted molar refractivity (Wildman–Crippen MR) is 71.3 cm³/mol. The number of hydrogen-bond acceptors (Lipinski definition) is 6. The molecular formula is C12H14ClN5O2. The van der Waals surface area contributed by atoms with E-state index in [4.69, 9.17) is 17.0 Å². The van der Waals surface area contributed by atoms with Crippen molar-refractivity contribution >= 4 is 11.8 Å². The topological polar surface area (TPSA) is 118 Å². The van der Waals surface area contributed by atoms with Gasteiger partial charge in [0.1, 0.15) is 0 Å². The normalized spacial score (nSPS) is 14.7. The molecule has 1 rings (SSSR count). The first-order valence-corrected chi connectivity index (χ1v) is 6.03.